The largest absolute Gasteiger partial charge is 0.358 e. The summed E-state index contributed by atoms with van der Waals surface area (Å²) in [6, 6.07) is 6.58. The number of H-pyrrole nitrogens is 1. The molecule has 0 unspecified atom stereocenters. The van der Waals surface area contributed by atoms with Crippen LogP contribution in [0.15, 0.2) is 18.2 Å². The fourth-order valence-electron chi connectivity index (χ4n) is 1.86. The van der Waals surface area contributed by atoms with E-state index in [1.807, 2.05) is 0 Å². The second-order valence-electron chi connectivity index (χ2n) is 3.63. The van der Waals surface area contributed by atoms with Crippen molar-refractivity contribution in [3.05, 3.63) is 35.0 Å². The number of hydrogen-bond acceptors (Lipinski definition) is 0. The number of aromatic nitrogens is 1. The van der Waals surface area contributed by atoms with Gasteiger partial charge in [-0.15, -0.1) is 0 Å². The number of nitrogens with one attached hydrogen (secondary N) is 1. The third kappa shape index (κ3) is 1.24. The maximum atomic E-state index is 3.45. The van der Waals surface area contributed by atoms with E-state index in [2.05, 4.69) is 44.0 Å². The van der Waals surface area contributed by atoms with E-state index in [-0.39, 0.29) is 0 Å². The van der Waals surface area contributed by atoms with Crippen molar-refractivity contribution in [1.29, 1.82) is 0 Å². The first-order valence-electron chi connectivity index (χ1n) is 4.80. The summed E-state index contributed by atoms with van der Waals surface area (Å²) < 4.78 is 0. The van der Waals surface area contributed by atoms with E-state index in [9.17, 15) is 0 Å². The Kier molecular flexibility index (Phi) is 1.87. The molecule has 1 N–H and O–H groups in total. The highest BCUT2D eigenvalue weighted by molar-refractivity contribution is 5.84. The lowest BCUT2D eigenvalue weighted by Crippen LogP contribution is -1.80. The number of rotatable bonds is 1. The van der Waals surface area contributed by atoms with Crippen LogP contribution in [0.25, 0.3) is 10.9 Å². The number of fused-ring (bicyclic) bond motifs is 1. The molecule has 1 aromatic carbocycles. The molecule has 0 radical (unpaired) electrons. The van der Waals surface area contributed by atoms with Crippen molar-refractivity contribution in [2.75, 3.05) is 0 Å². The molecule has 2 rings (SSSR count). The summed E-state index contributed by atoms with van der Waals surface area (Å²) in [5.74, 6) is 0. The van der Waals surface area contributed by atoms with Gasteiger partial charge in [-0.25, -0.2) is 0 Å². The number of aromatic amines is 1. The number of benzene rings is 1. The maximum absolute atomic E-state index is 3.45. The van der Waals surface area contributed by atoms with Crippen LogP contribution in [0.3, 0.4) is 0 Å². The maximum Gasteiger partial charge on any atom is 0.0461 e. The highest BCUT2D eigenvalue weighted by atomic mass is 14.7. The Balaban J connectivity index is 2.76. The molecular formula is C12H15N. The Morgan fingerprint density at radius 2 is 2.00 bits per heavy atom. The molecule has 0 amide bonds. The first kappa shape index (κ1) is 8.36. The van der Waals surface area contributed by atoms with Crippen molar-refractivity contribution in [2.24, 2.45) is 0 Å². The zero-order valence-electron chi connectivity index (χ0n) is 8.44. The average Bonchev–Trinajstić information content (AvgIpc) is 2.42. The Morgan fingerprint density at radius 3 is 2.69 bits per heavy atom. The van der Waals surface area contributed by atoms with Crippen LogP contribution in [0.5, 0.6) is 0 Å². The molecule has 0 aliphatic carbocycles. The fourth-order valence-corrected chi connectivity index (χ4v) is 1.86. The van der Waals surface area contributed by atoms with Crippen molar-refractivity contribution in [3.63, 3.8) is 0 Å². The first-order valence-corrected chi connectivity index (χ1v) is 4.80. The van der Waals surface area contributed by atoms with Gasteiger partial charge >= 0.3 is 0 Å². The van der Waals surface area contributed by atoms with Gasteiger partial charge in [0, 0.05) is 16.6 Å². The van der Waals surface area contributed by atoms with E-state index in [1.165, 1.54) is 27.7 Å². The molecular weight excluding hydrogens is 158 g/mol. The summed E-state index contributed by atoms with van der Waals surface area (Å²) in [5.41, 5.74) is 5.35. The second-order valence-corrected chi connectivity index (χ2v) is 3.63. The molecule has 0 aliphatic rings. The van der Waals surface area contributed by atoms with Crippen molar-refractivity contribution in [1.82, 2.24) is 4.98 Å². The lowest BCUT2D eigenvalue weighted by Gasteiger charge is -1.93. The number of hydrogen-bond donors (Lipinski definition) is 1. The van der Waals surface area contributed by atoms with Gasteiger partial charge in [-0.2, -0.15) is 0 Å². The average molecular weight is 173 g/mol. The van der Waals surface area contributed by atoms with Crippen LogP contribution in [0.2, 0.25) is 0 Å². The van der Waals surface area contributed by atoms with Crippen LogP contribution in [-0.2, 0) is 6.42 Å². The SMILES string of the molecule is CCc1[nH]c2cc(C)ccc2c1C. The van der Waals surface area contributed by atoms with Crippen LogP contribution in [0, 0.1) is 13.8 Å². The zero-order valence-corrected chi connectivity index (χ0v) is 8.44. The second kappa shape index (κ2) is 2.91. The standard InChI is InChI=1S/C12H15N/c1-4-11-9(3)10-6-5-8(2)7-12(10)13-11/h5-7,13H,4H2,1-3H3. The van der Waals surface area contributed by atoms with E-state index in [4.69, 9.17) is 0 Å². The molecule has 1 aromatic heterocycles. The van der Waals surface area contributed by atoms with Crippen molar-refractivity contribution in [3.8, 4) is 0 Å². The topological polar surface area (TPSA) is 15.8 Å². The highest BCUT2D eigenvalue weighted by Gasteiger charge is 2.04. The van der Waals surface area contributed by atoms with Gasteiger partial charge in [0.2, 0.25) is 0 Å². The van der Waals surface area contributed by atoms with E-state index in [1.54, 1.807) is 0 Å². The highest BCUT2D eigenvalue weighted by Crippen LogP contribution is 2.22. The van der Waals surface area contributed by atoms with Crippen molar-refractivity contribution >= 4 is 10.9 Å². The molecule has 2 aromatic rings. The fraction of sp³-hybridized carbons (Fsp3) is 0.333. The molecule has 0 saturated heterocycles. The normalized spacial score (nSPS) is 11.0. The Bertz CT molecular complexity index is 438. The summed E-state index contributed by atoms with van der Waals surface area (Å²) in [5, 5.41) is 1.36. The quantitative estimate of drug-likeness (QED) is 0.680. The van der Waals surface area contributed by atoms with E-state index < -0.39 is 0 Å². The molecule has 0 saturated carbocycles. The van der Waals surface area contributed by atoms with Crippen molar-refractivity contribution < 1.29 is 0 Å². The Morgan fingerprint density at radius 1 is 1.23 bits per heavy atom. The van der Waals surface area contributed by atoms with Gasteiger partial charge in [-0.1, -0.05) is 19.1 Å². The van der Waals surface area contributed by atoms with Crippen LogP contribution in [0.1, 0.15) is 23.7 Å². The molecule has 0 aliphatic heterocycles. The lowest BCUT2D eigenvalue weighted by atomic mass is 10.1. The van der Waals surface area contributed by atoms with Crippen LogP contribution in [0.4, 0.5) is 0 Å². The van der Waals surface area contributed by atoms with Crippen LogP contribution in [-0.4, -0.2) is 4.98 Å². The van der Waals surface area contributed by atoms with Gasteiger partial charge < -0.3 is 4.98 Å². The molecule has 1 nitrogen and oxygen atoms in total. The van der Waals surface area contributed by atoms with Gasteiger partial charge in [-0.3, -0.25) is 0 Å². The van der Waals surface area contributed by atoms with E-state index in [0.717, 1.165) is 6.42 Å². The van der Waals surface area contributed by atoms with E-state index in [0.29, 0.717) is 0 Å². The molecule has 1 heterocycles. The summed E-state index contributed by atoms with van der Waals surface area (Å²) in [6.45, 7) is 6.50. The van der Waals surface area contributed by atoms with Crippen molar-refractivity contribution in [2.45, 2.75) is 27.2 Å². The Labute approximate surface area is 78.8 Å². The smallest absolute Gasteiger partial charge is 0.0461 e. The summed E-state index contributed by atoms with van der Waals surface area (Å²) in [6.07, 6.45) is 1.08. The summed E-state index contributed by atoms with van der Waals surface area (Å²) in [4.78, 5) is 3.45. The number of aryl methyl sites for hydroxylation is 3. The minimum absolute atomic E-state index is 1.08. The lowest BCUT2D eigenvalue weighted by molar-refractivity contribution is 1.05. The van der Waals surface area contributed by atoms with Gasteiger partial charge in [0.15, 0.2) is 0 Å². The molecule has 13 heavy (non-hydrogen) atoms. The predicted molar refractivity (Wildman–Crippen MR) is 57.2 cm³/mol. The van der Waals surface area contributed by atoms with Crippen LogP contribution < -0.4 is 0 Å². The zero-order chi connectivity index (χ0) is 9.42. The van der Waals surface area contributed by atoms with E-state index >= 15 is 0 Å². The van der Waals surface area contributed by atoms with Gasteiger partial charge in [0.25, 0.3) is 0 Å². The molecule has 0 bridgehead atoms. The third-order valence-corrected chi connectivity index (χ3v) is 2.67. The minimum Gasteiger partial charge on any atom is -0.358 e. The van der Waals surface area contributed by atoms with Gasteiger partial charge in [-0.05, 0) is 37.5 Å². The minimum atomic E-state index is 1.08. The monoisotopic (exact) mass is 173 g/mol. The molecule has 0 fully saturated rings. The molecule has 68 valence electrons. The summed E-state index contributed by atoms with van der Waals surface area (Å²) >= 11 is 0. The third-order valence-electron chi connectivity index (χ3n) is 2.67. The first-order chi connectivity index (χ1) is 6.22. The van der Waals surface area contributed by atoms with Crippen LogP contribution >= 0.6 is 0 Å². The molecule has 0 atom stereocenters. The Hall–Kier alpha value is -1.24. The predicted octanol–water partition coefficient (Wildman–Crippen LogP) is 3.35. The molecule has 1 heteroatoms. The van der Waals surface area contributed by atoms with Gasteiger partial charge in [0.1, 0.15) is 0 Å². The summed E-state index contributed by atoms with van der Waals surface area (Å²) in [7, 11) is 0. The van der Waals surface area contributed by atoms with Gasteiger partial charge in [0.05, 0.1) is 0 Å². The molecule has 0 spiro atoms.